The lowest BCUT2D eigenvalue weighted by atomic mass is 10.1. The smallest absolute Gasteiger partial charge is 0.0488 e. The molecule has 3 heteroatoms. The second-order valence-electron chi connectivity index (χ2n) is 2.94. The molecule has 0 unspecified atom stereocenters. The van der Waals surface area contributed by atoms with Crippen LogP contribution >= 0.6 is 38.9 Å². The molecule has 13 heavy (non-hydrogen) atoms. The fourth-order valence-electron chi connectivity index (χ4n) is 1.41. The van der Waals surface area contributed by atoms with Crippen LogP contribution in [0.15, 0.2) is 22.0 Å². The molecule has 0 saturated heterocycles. The first-order valence-corrected chi connectivity index (χ1v) is 6.16. The minimum absolute atomic E-state index is 0.579. The molecular weight excluding hydrogens is 268 g/mol. The van der Waals surface area contributed by atoms with Gasteiger partial charge < -0.3 is 0 Å². The first-order valence-electron chi connectivity index (χ1n) is 3.95. The normalized spacial score (nSPS) is 11.0. The van der Waals surface area contributed by atoms with Gasteiger partial charge in [0.2, 0.25) is 0 Å². The van der Waals surface area contributed by atoms with Crippen LogP contribution in [0.4, 0.5) is 0 Å². The van der Waals surface area contributed by atoms with Gasteiger partial charge in [0.05, 0.1) is 0 Å². The number of aryl methyl sites for hydroxylation is 1. The molecule has 1 aromatic carbocycles. The van der Waals surface area contributed by atoms with Gasteiger partial charge in [-0.15, -0.1) is 22.9 Å². The highest BCUT2D eigenvalue weighted by Crippen LogP contribution is 2.33. The van der Waals surface area contributed by atoms with Crippen molar-refractivity contribution in [2.45, 2.75) is 12.8 Å². The Balaban J connectivity index is 2.87. The van der Waals surface area contributed by atoms with Crippen LogP contribution in [0.5, 0.6) is 0 Å². The summed E-state index contributed by atoms with van der Waals surface area (Å²) in [7, 11) is 0. The average molecular weight is 276 g/mol. The fourth-order valence-corrected chi connectivity index (χ4v) is 3.16. The van der Waals surface area contributed by atoms with E-state index in [1.807, 2.05) is 0 Å². The van der Waals surface area contributed by atoms with E-state index in [1.54, 1.807) is 11.3 Å². The van der Waals surface area contributed by atoms with Crippen molar-refractivity contribution >= 4 is 49.0 Å². The highest BCUT2D eigenvalue weighted by Gasteiger charge is 2.07. The number of hydrogen-bond donors (Lipinski definition) is 0. The van der Waals surface area contributed by atoms with Crippen LogP contribution in [0, 0.1) is 6.92 Å². The summed E-state index contributed by atoms with van der Waals surface area (Å²) in [5.74, 6) is 0.579. The average Bonchev–Trinajstić information content (AvgIpc) is 2.60. The second kappa shape index (κ2) is 3.60. The number of benzene rings is 1. The zero-order valence-electron chi connectivity index (χ0n) is 7.10. The van der Waals surface area contributed by atoms with Gasteiger partial charge in [-0.05, 0) is 40.9 Å². The van der Waals surface area contributed by atoms with Crippen molar-refractivity contribution in [3.05, 3.63) is 33.1 Å². The number of alkyl halides is 1. The predicted molar refractivity (Wildman–Crippen MR) is 63.8 cm³/mol. The van der Waals surface area contributed by atoms with Gasteiger partial charge in [0.25, 0.3) is 0 Å². The van der Waals surface area contributed by atoms with E-state index in [9.17, 15) is 0 Å². The lowest BCUT2D eigenvalue weighted by Gasteiger charge is -2.04. The second-order valence-corrected chi connectivity index (χ2v) is 4.98. The predicted octanol–water partition coefficient (Wildman–Crippen LogP) is 4.71. The summed E-state index contributed by atoms with van der Waals surface area (Å²) in [4.78, 5) is 0. The van der Waals surface area contributed by atoms with Gasteiger partial charge in [0, 0.05) is 15.1 Å². The van der Waals surface area contributed by atoms with Gasteiger partial charge in [0.1, 0.15) is 0 Å². The summed E-state index contributed by atoms with van der Waals surface area (Å²) < 4.78 is 2.46. The van der Waals surface area contributed by atoms with Crippen LogP contribution in [-0.2, 0) is 5.88 Å². The number of rotatable bonds is 1. The topological polar surface area (TPSA) is 0 Å². The van der Waals surface area contributed by atoms with Crippen molar-refractivity contribution < 1.29 is 0 Å². The Hall–Kier alpha value is -0.0500. The Bertz CT molecular complexity index is 447. The van der Waals surface area contributed by atoms with Crippen LogP contribution in [0.3, 0.4) is 0 Å². The molecule has 0 nitrogen and oxygen atoms in total. The number of halogens is 2. The summed E-state index contributed by atoms with van der Waals surface area (Å²) in [5.41, 5.74) is 2.51. The first kappa shape index (κ1) is 9.50. The quantitative estimate of drug-likeness (QED) is 0.661. The lowest BCUT2D eigenvalue weighted by Crippen LogP contribution is -1.83. The molecule has 0 N–H and O–H groups in total. The van der Waals surface area contributed by atoms with Crippen molar-refractivity contribution in [2.75, 3.05) is 0 Å². The molecule has 0 bridgehead atoms. The van der Waals surface area contributed by atoms with Gasteiger partial charge in [-0.1, -0.05) is 15.9 Å². The maximum Gasteiger partial charge on any atom is 0.0488 e. The Morgan fingerprint density at radius 3 is 3.00 bits per heavy atom. The van der Waals surface area contributed by atoms with Crippen molar-refractivity contribution in [3.8, 4) is 0 Å². The van der Waals surface area contributed by atoms with E-state index >= 15 is 0 Å². The summed E-state index contributed by atoms with van der Waals surface area (Å²) in [6.45, 7) is 2.12. The number of hydrogen-bond acceptors (Lipinski definition) is 1. The highest BCUT2D eigenvalue weighted by atomic mass is 79.9. The molecule has 0 spiro atoms. The molecule has 0 aliphatic rings. The van der Waals surface area contributed by atoms with Gasteiger partial charge in [-0.2, -0.15) is 0 Å². The van der Waals surface area contributed by atoms with E-state index in [-0.39, 0.29) is 0 Å². The molecule has 1 heterocycles. The third-order valence-electron chi connectivity index (χ3n) is 2.16. The molecule has 0 aliphatic heterocycles. The van der Waals surface area contributed by atoms with Gasteiger partial charge in [0.15, 0.2) is 0 Å². The molecule has 0 atom stereocenters. The molecule has 2 aromatic rings. The minimum Gasteiger partial charge on any atom is -0.143 e. The summed E-state index contributed by atoms with van der Waals surface area (Å²) in [6, 6.07) is 4.26. The molecule has 1 aromatic heterocycles. The van der Waals surface area contributed by atoms with Gasteiger partial charge in [-0.3, -0.25) is 0 Å². The van der Waals surface area contributed by atoms with E-state index in [0.717, 1.165) is 4.47 Å². The van der Waals surface area contributed by atoms with Crippen molar-refractivity contribution in [3.63, 3.8) is 0 Å². The van der Waals surface area contributed by atoms with Crippen LogP contribution < -0.4 is 0 Å². The lowest BCUT2D eigenvalue weighted by molar-refractivity contribution is 1.41. The first-order chi connectivity index (χ1) is 6.24. The van der Waals surface area contributed by atoms with Crippen molar-refractivity contribution in [2.24, 2.45) is 0 Å². The Kier molecular flexibility index (Phi) is 2.63. The van der Waals surface area contributed by atoms with Crippen LogP contribution in [0.1, 0.15) is 11.1 Å². The van der Waals surface area contributed by atoms with E-state index in [0.29, 0.717) is 5.88 Å². The van der Waals surface area contributed by atoms with Crippen molar-refractivity contribution in [1.82, 2.24) is 0 Å². The SMILES string of the molecule is Cc1c(Br)cc(CCl)c2sccc12. The summed E-state index contributed by atoms with van der Waals surface area (Å²) in [5, 5.41) is 3.43. The molecule has 0 saturated carbocycles. The molecule has 2 rings (SSSR count). The van der Waals surface area contributed by atoms with Crippen LogP contribution in [-0.4, -0.2) is 0 Å². The van der Waals surface area contributed by atoms with Gasteiger partial charge in [-0.25, -0.2) is 0 Å². The highest BCUT2D eigenvalue weighted by molar-refractivity contribution is 9.10. The zero-order chi connectivity index (χ0) is 9.42. The fraction of sp³-hybridized carbons (Fsp3) is 0.200. The molecule has 68 valence electrons. The maximum absolute atomic E-state index is 5.87. The van der Waals surface area contributed by atoms with E-state index in [2.05, 4.69) is 40.4 Å². The molecule has 0 aliphatic carbocycles. The Labute approximate surface area is 94.7 Å². The Morgan fingerprint density at radius 2 is 2.31 bits per heavy atom. The molecule has 0 amide bonds. The van der Waals surface area contributed by atoms with Crippen molar-refractivity contribution in [1.29, 1.82) is 0 Å². The summed E-state index contributed by atoms with van der Waals surface area (Å²) >= 11 is 11.2. The minimum atomic E-state index is 0.579. The Morgan fingerprint density at radius 1 is 1.54 bits per heavy atom. The monoisotopic (exact) mass is 274 g/mol. The largest absolute Gasteiger partial charge is 0.143 e. The zero-order valence-corrected chi connectivity index (χ0v) is 10.3. The van der Waals surface area contributed by atoms with E-state index in [4.69, 9.17) is 11.6 Å². The standard InChI is InChI=1S/C10H8BrClS/c1-6-8-2-3-13-10(8)7(5-12)4-9(6)11/h2-4H,5H2,1H3. The molecule has 0 radical (unpaired) electrons. The van der Waals surface area contributed by atoms with E-state index in [1.165, 1.54) is 21.2 Å². The number of fused-ring (bicyclic) bond motifs is 1. The third kappa shape index (κ3) is 1.51. The van der Waals surface area contributed by atoms with Gasteiger partial charge >= 0.3 is 0 Å². The maximum atomic E-state index is 5.87. The van der Waals surface area contributed by atoms with Crippen LogP contribution in [0.2, 0.25) is 0 Å². The summed E-state index contributed by atoms with van der Waals surface area (Å²) in [6.07, 6.45) is 0. The third-order valence-corrected chi connectivity index (χ3v) is 4.27. The van der Waals surface area contributed by atoms with E-state index < -0.39 is 0 Å². The van der Waals surface area contributed by atoms with Crippen LogP contribution in [0.25, 0.3) is 10.1 Å². The number of thiophene rings is 1. The molecular formula is C10H8BrClS. The molecule has 0 fully saturated rings.